The molecule has 6 N–H and O–H groups in total. The smallest absolute Gasteiger partial charge is 0.319 e. The van der Waals surface area contributed by atoms with Gasteiger partial charge in [0.1, 0.15) is 12.1 Å². The van der Waals surface area contributed by atoms with E-state index in [4.69, 9.17) is 0 Å². The lowest BCUT2D eigenvalue weighted by Gasteiger charge is -2.29. The van der Waals surface area contributed by atoms with Gasteiger partial charge >= 0.3 is 12.1 Å². The van der Waals surface area contributed by atoms with Crippen molar-refractivity contribution in [2.75, 3.05) is 46.6 Å². The Kier molecular flexibility index (Phi) is 13.3. The quantitative estimate of drug-likeness (QED) is 0.115. The lowest BCUT2D eigenvalue weighted by Crippen LogP contribution is -2.52. The van der Waals surface area contributed by atoms with Crippen LogP contribution in [0.2, 0.25) is 0 Å². The lowest BCUT2D eigenvalue weighted by atomic mass is 10.0. The van der Waals surface area contributed by atoms with E-state index in [0.717, 1.165) is 69.8 Å². The first kappa shape index (κ1) is 45.4. The molecule has 0 aliphatic carbocycles. The SMILES string of the molecule is Cc1ccc(NC(=O)NCc2cc3c(s2)C(=O)N(C2CCC(=O)NC2=O)C3)cc1N1CCCC1.O=C1CCC(N2Cc3cc(CNC(=O)Nc4cccc(N5CCCC5)c4)sc3C2=O)C(=O)N1. The lowest BCUT2D eigenvalue weighted by molar-refractivity contribution is -0.138. The highest BCUT2D eigenvalue weighted by atomic mass is 32.1. The van der Waals surface area contributed by atoms with E-state index in [1.54, 1.807) is 0 Å². The van der Waals surface area contributed by atoms with Crippen LogP contribution in [0.4, 0.5) is 32.3 Å². The number of rotatable bonds is 10. The molecule has 10 amide bonds. The Morgan fingerprint density at radius 1 is 0.627 bits per heavy atom. The molecule has 4 aromatic rings. The van der Waals surface area contributed by atoms with Crippen LogP contribution in [0.25, 0.3) is 0 Å². The molecule has 0 saturated carbocycles. The largest absolute Gasteiger partial charge is 0.371 e. The number of nitrogens with zero attached hydrogens (tertiary/aromatic N) is 4. The second kappa shape index (κ2) is 19.6. The average molecular weight is 949 g/mol. The van der Waals surface area contributed by atoms with Gasteiger partial charge in [-0.05, 0) is 105 Å². The zero-order chi connectivity index (χ0) is 46.8. The van der Waals surface area contributed by atoms with Gasteiger partial charge in [0.25, 0.3) is 11.8 Å². The number of aryl methyl sites for hydroxylation is 1. The number of imide groups is 2. The van der Waals surface area contributed by atoms with Crippen LogP contribution in [0.5, 0.6) is 0 Å². The van der Waals surface area contributed by atoms with Gasteiger partial charge in [-0.1, -0.05) is 12.1 Å². The normalized spacial score (nSPS) is 20.0. The molecular formula is C47H52N10O8S2. The van der Waals surface area contributed by atoms with Gasteiger partial charge in [0.2, 0.25) is 23.6 Å². The van der Waals surface area contributed by atoms with E-state index in [9.17, 15) is 38.4 Å². The van der Waals surface area contributed by atoms with E-state index >= 15 is 0 Å². The summed E-state index contributed by atoms with van der Waals surface area (Å²) in [6, 6.07) is 15.7. The van der Waals surface area contributed by atoms with Gasteiger partial charge in [0, 0.05) is 84.6 Å². The summed E-state index contributed by atoms with van der Waals surface area (Å²) in [5.74, 6) is -1.82. The van der Waals surface area contributed by atoms with Crippen molar-refractivity contribution in [1.82, 2.24) is 31.1 Å². The molecule has 2 atom stereocenters. The maximum absolute atomic E-state index is 12.9. The summed E-state index contributed by atoms with van der Waals surface area (Å²) in [6.07, 6.45) is 5.93. The van der Waals surface area contributed by atoms with Crippen LogP contribution < -0.4 is 41.7 Å². The predicted octanol–water partition coefficient (Wildman–Crippen LogP) is 5.17. The van der Waals surface area contributed by atoms with Gasteiger partial charge in [-0.15, -0.1) is 22.7 Å². The zero-order valence-corrected chi connectivity index (χ0v) is 38.7. The number of carbonyl (C=O) groups is 8. The molecule has 8 heterocycles. The number of hydrogen-bond donors (Lipinski definition) is 6. The third-order valence-corrected chi connectivity index (χ3v) is 15.2. The molecule has 350 valence electrons. The number of hydrogen-bond acceptors (Lipinski definition) is 12. The number of carbonyl (C=O) groups excluding carboxylic acids is 8. The summed E-state index contributed by atoms with van der Waals surface area (Å²) in [5, 5.41) is 16.1. The first-order valence-corrected chi connectivity index (χ1v) is 24.3. The van der Waals surface area contributed by atoms with Gasteiger partial charge in [-0.25, -0.2) is 9.59 Å². The molecule has 4 fully saturated rings. The topological polar surface area (TPSA) is 222 Å². The van der Waals surface area contributed by atoms with E-state index < -0.39 is 23.9 Å². The Hall–Kier alpha value is -6.80. The van der Waals surface area contributed by atoms with E-state index in [-0.39, 0.29) is 48.5 Å². The Morgan fingerprint density at radius 2 is 1.12 bits per heavy atom. The van der Waals surface area contributed by atoms with Crippen LogP contribution in [0, 0.1) is 6.92 Å². The number of thiophene rings is 2. The van der Waals surface area contributed by atoms with E-state index in [0.29, 0.717) is 48.8 Å². The Morgan fingerprint density at radius 3 is 1.61 bits per heavy atom. The van der Waals surface area contributed by atoms with Crippen molar-refractivity contribution in [2.24, 2.45) is 0 Å². The number of fused-ring (bicyclic) bond motifs is 2. The molecule has 6 aliphatic heterocycles. The third-order valence-electron chi connectivity index (χ3n) is 12.8. The second-order valence-corrected chi connectivity index (χ2v) is 19.8. The van der Waals surface area contributed by atoms with E-state index in [1.807, 2.05) is 48.5 Å². The molecule has 20 heteroatoms. The molecule has 0 spiro atoms. The van der Waals surface area contributed by atoms with Crippen molar-refractivity contribution >= 4 is 92.9 Å². The Labute approximate surface area is 394 Å². The van der Waals surface area contributed by atoms with E-state index in [2.05, 4.69) is 54.7 Å². The van der Waals surface area contributed by atoms with Gasteiger partial charge in [-0.2, -0.15) is 0 Å². The summed E-state index contributed by atoms with van der Waals surface area (Å²) < 4.78 is 0. The highest BCUT2D eigenvalue weighted by molar-refractivity contribution is 7.14. The average Bonchev–Trinajstić information content (AvgIpc) is 4.18. The van der Waals surface area contributed by atoms with Crippen LogP contribution in [0.15, 0.2) is 54.6 Å². The monoisotopic (exact) mass is 948 g/mol. The molecular weight excluding hydrogens is 897 g/mol. The molecule has 2 aromatic carbocycles. The standard InChI is InChI=1S/C24H27N5O4S.C23H25N5O4S/c1-14-4-5-16(11-19(14)28-8-2-3-9-28)26-24(33)25-12-17-10-15-13-29(23(32)21(15)34-17)18-6-7-20(30)27-22(18)31;29-19-7-6-18(21(30)26-19)28-13-14-10-17(33-20(14)22(28)31)12-24-23(32)25-15-4-3-5-16(11-15)27-8-1-2-9-27/h4-5,10-11,18H,2-3,6-9,12-13H2,1H3,(H2,25,26,33)(H,27,30,31);3-5,10-11,18H,1-2,6-9,12-13H2,(H2,24,25,32)(H,26,29,30). The summed E-state index contributed by atoms with van der Waals surface area (Å²) >= 11 is 2.66. The van der Waals surface area contributed by atoms with Crippen molar-refractivity contribution in [3.8, 4) is 0 Å². The fourth-order valence-corrected chi connectivity index (χ4v) is 11.5. The molecule has 0 bridgehead atoms. The number of urea groups is 2. The van der Waals surface area contributed by atoms with Crippen molar-refractivity contribution in [3.63, 3.8) is 0 Å². The van der Waals surface area contributed by atoms with Crippen molar-refractivity contribution in [1.29, 1.82) is 0 Å². The van der Waals surface area contributed by atoms with Gasteiger partial charge in [-0.3, -0.25) is 39.4 Å². The van der Waals surface area contributed by atoms with Crippen LogP contribution >= 0.6 is 22.7 Å². The molecule has 10 rings (SSSR count). The van der Waals surface area contributed by atoms with Crippen molar-refractivity contribution in [2.45, 2.75) is 96.6 Å². The van der Waals surface area contributed by atoms with Gasteiger partial charge < -0.3 is 40.9 Å². The van der Waals surface area contributed by atoms with Gasteiger partial charge in [0.15, 0.2) is 0 Å². The summed E-state index contributed by atoms with van der Waals surface area (Å²) in [5.41, 5.74) is 6.64. The first-order valence-electron chi connectivity index (χ1n) is 22.7. The van der Waals surface area contributed by atoms with Gasteiger partial charge in [0.05, 0.1) is 22.8 Å². The molecule has 4 saturated heterocycles. The summed E-state index contributed by atoms with van der Waals surface area (Å²) in [7, 11) is 0. The minimum absolute atomic E-state index is 0.195. The number of anilines is 4. The second-order valence-electron chi connectivity index (χ2n) is 17.5. The van der Waals surface area contributed by atoms with Crippen LogP contribution in [-0.4, -0.2) is 95.6 Å². The minimum atomic E-state index is -0.614. The Bertz CT molecular complexity index is 2650. The highest BCUT2D eigenvalue weighted by Crippen LogP contribution is 2.35. The summed E-state index contributed by atoms with van der Waals surface area (Å²) in [4.78, 5) is 108. The van der Waals surface area contributed by atoms with Crippen molar-refractivity contribution in [3.05, 3.63) is 90.8 Å². The molecule has 0 radical (unpaired) electrons. The molecule has 18 nitrogen and oxygen atoms in total. The van der Waals surface area contributed by atoms with Crippen LogP contribution in [0.1, 0.15) is 97.2 Å². The maximum Gasteiger partial charge on any atom is 0.319 e. The fourth-order valence-electron chi connectivity index (χ4n) is 9.40. The van der Waals surface area contributed by atoms with Crippen molar-refractivity contribution < 1.29 is 38.4 Å². The summed E-state index contributed by atoms with van der Waals surface area (Å²) in [6.45, 7) is 7.53. The molecule has 2 unspecified atom stereocenters. The minimum Gasteiger partial charge on any atom is -0.371 e. The highest BCUT2D eigenvalue weighted by Gasteiger charge is 2.41. The van der Waals surface area contributed by atoms with Crippen LogP contribution in [-0.2, 0) is 45.4 Å². The predicted molar refractivity (Wildman–Crippen MR) is 253 cm³/mol. The maximum atomic E-state index is 12.9. The molecule has 2 aromatic heterocycles. The number of amides is 10. The molecule has 6 aliphatic rings. The van der Waals surface area contributed by atoms with Crippen LogP contribution in [0.3, 0.4) is 0 Å². The van der Waals surface area contributed by atoms with E-state index in [1.165, 1.54) is 63.7 Å². The third kappa shape index (κ3) is 10.1. The number of benzene rings is 2. The fraction of sp³-hybridized carbons (Fsp3) is 0.404. The number of piperidine rings is 2. The Balaban J connectivity index is 0.000000168. The number of nitrogens with one attached hydrogen (secondary N) is 6. The zero-order valence-electron chi connectivity index (χ0n) is 37.0. The molecule has 67 heavy (non-hydrogen) atoms. The first-order chi connectivity index (χ1) is 32.4.